The molecular weight excluding hydrogens is 324 g/mol. The molecule has 0 aromatic carbocycles. The van der Waals surface area contributed by atoms with Crippen LogP contribution >= 0.6 is 0 Å². The van der Waals surface area contributed by atoms with Crippen LogP contribution in [0.5, 0.6) is 0 Å². The average molecular weight is 346 g/mol. The molecule has 136 valence electrons. The third-order valence-electron chi connectivity index (χ3n) is 2.91. The number of aliphatic carboxylic acids is 2. The summed E-state index contributed by atoms with van der Waals surface area (Å²) < 4.78 is 0. The molecule has 11 nitrogen and oxygen atoms in total. The van der Waals surface area contributed by atoms with Gasteiger partial charge in [-0.2, -0.15) is 0 Å². The molecule has 0 aromatic heterocycles. The van der Waals surface area contributed by atoms with E-state index in [1.165, 1.54) is 20.8 Å². The number of hydrogen-bond acceptors (Lipinski definition) is 6. The van der Waals surface area contributed by atoms with Crippen molar-refractivity contribution in [2.45, 2.75) is 51.4 Å². The van der Waals surface area contributed by atoms with E-state index in [2.05, 4.69) is 10.6 Å². The van der Waals surface area contributed by atoms with Crippen LogP contribution in [0.15, 0.2) is 0 Å². The Bertz CT molecular complexity index is 520. The van der Waals surface area contributed by atoms with E-state index < -0.39 is 60.2 Å². The number of carboxylic acids is 2. The number of carbonyl (C=O) groups is 5. The Labute approximate surface area is 138 Å². The van der Waals surface area contributed by atoms with Crippen molar-refractivity contribution in [3.05, 3.63) is 0 Å². The highest BCUT2D eigenvalue weighted by Gasteiger charge is 2.27. The second kappa shape index (κ2) is 9.45. The van der Waals surface area contributed by atoms with Crippen molar-refractivity contribution in [1.29, 1.82) is 0 Å². The first kappa shape index (κ1) is 21.3. The second-order valence-electron chi connectivity index (χ2n) is 5.25. The zero-order chi connectivity index (χ0) is 19.0. The number of carboxylic acid groups (broad SMARTS) is 2. The molecule has 0 heterocycles. The van der Waals surface area contributed by atoms with Crippen LogP contribution in [0.25, 0.3) is 0 Å². The molecule has 0 aliphatic heterocycles. The van der Waals surface area contributed by atoms with Crippen molar-refractivity contribution in [2.75, 3.05) is 0 Å². The number of rotatable bonds is 9. The van der Waals surface area contributed by atoms with E-state index in [4.69, 9.17) is 15.9 Å². The quantitative estimate of drug-likeness (QED) is 0.262. The van der Waals surface area contributed by atoms with Crippen LogP contribution in [0.2, 0.25) is 0 Å². The molecule has 0 aliphatic carbocycles. The fourth-order valence-corrected chi connectivity index (χ4v) is 1.49. The standard InChI is InChI=1S/C13H22N4O7/c1-5(14)10(20)15-6(2)11(21)16-7(3)12(22)17-8(13(23)24)4-9(18)19/h5-8H,4,14H2,1-3H3,(H,15,20)(H,16,21)(H,17,22)(H,18,19)(H,23,24). The number of carbonyl (C=O) groups excluding carboxylic acids is 3. The van der Waals surface area contributed by atoms with Crippen LogP contribution in [0.3, 0.4) is 0 Å². The highest BCUT2D eigenvalue weighted by molar-refractivity contribution is 5.94. The summed E-state index contributed by atoms with van der Waals surface area (Å²) in [5.41, 5.74) is 5.35. The Balaban J connectivity index is 4.62. The van der Waals surface area contributed by atoms with Crippen LogP contribution in [-0.2, 0) is 24.0 Å². The van der Waals surface area contributed by atoms with Gasteiger partial charge >= 0.3 is 11.9 Å². The lowest BCUT2D eigenvalue weighted by Gasteiger charge is -2.20. The van der Waals surface area contributed by atoms with Crippen molar-refractivity contribution in [1.82, 2.24) is 16.0 Å². The second-order valence-corrected chi connectivity index (χ2v) is 5.25. The number of amides is 3. The Morgan fingerprint density at radius 1 is 0.833 bits per heavy atom. The fraction of sp³-hybridized carbons (Fsp3) is 0.615. The molecular formula is C13H22N4O7. The first-order chi connectivity index (χ1) is 11.0. The minimum Gasteiger partial charge on any atom is -0.481 e. The molecule has 24 heavy (non-hydrogen) atoms. The normalized spacial score (nSPS) is 15.3. The van der Waals surface area contributed by atoms with E-state index in [-0.39, 0.29) is 0 Å². The SMILES string of the molecule is CC(N)C(=O)NC(C)C(=O)NC(C)C(=O)NC(CC(=O)O)C(=O)O. The van der Waals surface area contributed by atoms with Gasteiger partial charge in [0.2, 0.25) is 17.7 Å². The van der Waals surface area contributed by atoms with Gasteiger partial charge in [-0.05, 0) is 20.8 Å². The van der Waals surface area contributed by atoms with Gasteiger partial charge in [0.25, 0.3) is 0 Å². The number of nitrogens with two attached hydrogens (primary N) is 1. The summed E-state index contributed by atoms with van der Waals surface area (Å²) >= 11 is 0. The number of nitrogens with one attached hydrogen (secondary N) is 3. The Morgan fingerprint density at radius 3 is 1.62 bits per heavy atom. The maximum Gasteiger partial charge on any atom is 0.326 e. The van der Waals surface area contributed by atoms with Gasteiger partial charge in [-0.15, -0.1) is 0 Å². The summed E-state index contributed by atoms with van der Waals surface area (Å²) in [6.07, 6.45) is -0.803. The van der Waals surface area contributed by atoms with Crippen LogP contribution in [0.4, 0.5) is 0 Å². The molecule has 11 heteroatoms. The molecule has 0 bridgehead atoms. The van der Waals surface area contributed by atoms with Gasteiger partial charge in [0.05, 0.1) is 12.5 Å². The van der Waals surface area contributed by atoms with Gasteiger partial charge in [-0.25, -0.2) is 4.79 Å². The summed E-state index contributed by atoms with van der Waals surface area (Å²) in [5, 5.41) is 24.1. The minimum absolute atomic E-state index is 0.554. The molecule has 0 rings (SSSR count). The Hall–Kier alpha value is -2.69. The van der Waals surface area contributed by atoms with Gasteiger partial charge in [-0.1, -0.05) is 0 Å². The van der Waals surface area contributed by atoms with Crippen LogP contribution in [0, 0.1) is 0 Å². The molecule has 4 atom stereocenters. The zero-order valence-corrected chi connectivity index (χ0v) is 13.5. The third-order valence-corrected chi connectivity index (χ3v) is 2.91. The molecule has 0 aromatic rings. The molecule has 4 unspecified atom stereocenters. The smallest absolute Gasteiger partial charge is 0.326 e. The summed E-state index contributed by atoms with van der Waals surface area (Å²) in [5.74, 6) is -5.02. The lowest BCUT2D eigenvalue weighted by molar-refractivity contribution is -0.147. The highest BCUT2D eigenvalue weighted by atomic mass is 16.4. The zero-order valence-electron chi connectivity index (χ0n) is 13.5. The van der Waals surface area contributed by atoms with Gasteiger partial charge in [0.1, 0.15) is 18.1 Å². The van der Waals surface area contributed by atoms with Crippen molar-refractivity contribution in [3.8, 4) is 0 Å². The Kier molecular flexibility index (Phi) is 8.39. The lowest BCUT2D eigenvalue weighted by atomic mass is 10.2. The van der Waals surface area contributed by atoms with E-state index >= 15 is 0 Å². The fourth-order valence-electron chi connectivity index (χ4n) is 1.49. The predicted octanol–water partition coefficient (Wildman–Crippen LogP) is -2.61. The van der Waals surface area contributed by atoms with Gasteiger partial charge in [-0.3, -0.25) is 19.2 Å². The van der Waals surface area contributed by atoms with Gasteiger partial charge < -0.3 is 31.9 Å². The van der Waals surface area contributed by atoms with Crippen LogP contribution < -0.4 is 21.7 Å². The molecule has 0 radical (unpaired) electrons. The van der Waals surface area contributed by atoms with Crippen molar-refractivity contribution in [3.63, 3.8) is 0 Å². The molecule has 0 saturated heterocycles. The predicted molar refractivity (Wildman–Crippen MR) is 80.7 cm³/mol. The molecule has 3 amide bonds. The summed E-state index contributed by atoms with van der Waals surface area (Å²) in [6.45, 7) is 4.10. The highest BCUT2D eigenvalue weighted by Crippen LogP contribution is 1.95. The van der Waals surface area contributed by atoms with Crippen molar-refractivity contribution < 1.29 is 34.2 Å². The molecule has 0 spiro atoms. The van der Waals surface area contributed by atoms with E-state index in [0.717, 1.165) is 0 Å². The summed E-state index contributed by atoms with van der Waals surface area (Å²) in [6, 6.07) is -4.53. The lowest BCUT2D eigenvalue weighted by Crippen LogP contribution is -2.55. The first-order valence-electron chi connectivity index (χ1n) is 7.07. The maximum atomic E-state index is 11.9. The van der Waals surface area contributed by atoms with E-state index in [0.29, 0.717) is 0 Å². The summed E-state index contributed by atoms with van der Waals surface area (Å²) in [4.78, 5) is 56.5. The van der Waals surface area contributed by atoms with Crippen LogP contribution in [-0.4, -0.2) is 64.0 Å². The minimum atomic E-state index is -1.62. The van der Waals surface area contributed by atoms with Crippen LogP contribution in [0.1, 0.15) is 27.2 Å². The molecule has 7 N–H and O–H groups in total. The number of hydrogen-bond donors (Lipinski definition) is 6. The van der Waals surface area contributed by atoms with E-state index in [9.17, 15) is 24.0 Å². The van der Waals surface area contributed by atoms with Gasteiger partial charge in [0, 0.05) is 0 Å². The first-order valence-corrected chi connectivity index (χ1v) is 7.07. The monoisotopic (exact) mass is 346 g/mol. The third kappa shape index (κ3) is 7.54. The topological polar surface area (TPSA) is 188 Å². The largest absolute Gasteiger partial charge is 0.481 e. The molecule has 0 saturated carbocycles. The van der Waals surface area contributed by atoms with Crippen molar-refractivity contribution >= 4 is 29.7 Å². The molecule has 0 aliphatic rings. The Morgan fingerprint density at radius 2 is 1.25 bits per heavy atom. The van der Waals surface area contributed by atoms with E-state index in [1.54, 1.807) is 0 Å². The van der Waals surface area contributed by atoms with Crippen molar-refractivity contribution in [2.24, 2.45) is 5.73 Å². The summed E-state index contributed by atoms with van der Waals surface area (Å²) in [7, 11) is 0. The average Bonchev–Trinajstić information content (AvgIpc) is 2.45. The van der Waals surface area contributed by atoms with E-state index in [1.807, 2.05) is 5.32 Å². The van der Waals surface area contributed by atoms with Gasteiger partial charge in [0.15, 0.2) is 0 Å². The maximum absolute atomic E-state index is 11.9. The molecule has 0 fully saturated rings.